The Labute approximate surface area is 197 Å². The molecule has 1 fully saturated rings. The molecule has 9 nitrogen and oxygen atoms in total. The van der Waals surface area contributed by atoms with Gasteiger partial charge in [0.05, 0.1) is 28.8 Å². The van der Waals surface area contributed by atoms with Gasteiger partial charge in [0.15, 0.2) is 9.84 Å². The van der Waals surface area contributed by atoms with Crippen molar-refractivity contribution in [1.29, 1.82) is 0 Å². The van der Waals surface area contributed by atoms with Crippen LogP contribution in [0.4, 0.5) is 11.6 Å². The molecule has 2 aromatic carbocycles. The highest BCUT2D eigenvalue weighted by atomic mass is 32.2. The summed E-state index contributed by atoms with van der Waals surface area (Å²) in [6, 6.07) is 18.7. The number of nitrogens with two attached hydrogens (primary N) is 1. The summed E-state index contributed by atoms with van der Waals surface area (Å²) in [7, 11) is -3.31. The summed E-state index contributed by atoms with van der Waals surface area (Å²) in [5.41, 5.74) is 9.63. The highest BCUT2D eigenvalue weighted by molar-refractivity contribution is 7.90. The fourth-order valence-corrected chi connectivity index (χ4v) is 4.83. The molecule has 0 atom stereocenters. The van der Waals surface area contributed by atoms with Crippen molar-refractivity contribution < 1.29 is 13.2 Å². The van der Waals surface area contributed by atoms with Crippen molar-refractivity contribution in [3.8, 4) is 11.3 Å². The number of aromatic nitrogens is 3. The van der Waals surface area contributed by atoms with Crippen LogP contribution in [-0.4, -0.2) is 59.7 Å². The Morgan fingerprint density at radius 1 is 1.12 bits per heavy atom. The first-order valence-electron chi connectivity index (χ1n) is 10.8. The average Bonchev–Trinajstić information content (AvgIpc) is 3.19. The smallest absolute Gasteiger partial charge is 0.245 e. The molecule has 1 saturated heterocycles. The van der Waals surface area contributed by atoms with Crippen LogP contribution in [0.5, 0.6) is 0 Å². The normalized spacial score (nSPS) is 14.7. The molecular formula is C24H24N6O3S. The van der Waals surface area contributed by atoms with Gasteiger partial charge in [-0.2, -0.15) is 0 Å². The van der Waals surface area contributed by atoms with Crippen LogP contribution in [0.1, 0.15) is 11.5 Å². The number of anilines is 2. The number of benzene rings is 2. The van der Waals surface area contributed by atoms with Gasteiger partial charge in [0.2, 0.25) is 11.9 Å². The number of hydrogen-bond acceptors (Lipinski definition) is 7. The van der Waals surface area contributed by atoms with E-state index < -0.39 is 9.84 Å². The van der Waals surface area contributed by atoms with E-state index in [4.69, 9.17) is 5.73 Å². The first-order valence-corrected chi connectivity index (χ1v) is 12.7. The zero-order valence-corrected chi connectivity index (χ0v) is 19.4. The lowest BCUT2D eigenvalue weighted by Crippen LogP contribution is -2.48. The van der Waals surface area contributed by atoms with Gasteiger partial charge in [0.1, 0.15) is 0 Å². The number of nitrogens with zero attached hydrogens (tertiary/aromatic N) is 4. The first kappa shape index (κ1) is 22.1. The Bertz CT molecular complexity index is 1470. The molecule has 174 valence electrons. The van der Waals surface area contributed by atoms with Gasteiger partial charge in [-0.3, -0.25) is 9.69 Å². The molecule has 34 heavy (non-hydrogen) atoms. The van der Waals surface area contributed by atoms with Crippen molar-refractivity contribution in [3.05, 3.63) is 72.4 Å². The quantitative estimate of drug-likeness (QED) is 0.420. The minimum absolute atomic E-state index is 0.261. The number of amides is 1. The van der Waals surface area contributed by atoms with Crippen LogP contribution in [0.3, 0.4) is 0 Å². The molecule has 3 N–H and O–H groups in total. The van der Waals surface area contributed by atoms with Crippen molar-refractivity contribution in [2.45, 2.75) is 10.8 Å². The number of likely N-dealkylation sites (tertiary alicyclic amines) is 1. The standard InChI is InChI=1S/C24H24N6O3S/c1-34(32,33)21-4-2-3-17(11-21)22-10-9-20-12-26-24(28-30(20)22)27-19-7-5-16(6-8-19)18-13-29(14-18)15-23(25)31/h2-12,18H,13-15H2,1H3,(H2,25,31)(H,27,28). The van der Waals surface area contributed by atoms with Gasteiger partial charge in [0, 0.05) is 36.5 Å². The van der Waals surface area contributed by atoms with Crippen molar-refractivity contribution >= 4 is 32.9 Å². The van der Waals surface area contributed by atoms with E-state index in [1.54, 1.807) is 28.9 Å². The summed E-state index contributed by atoms with van der Waals surface area (Å²) in [4.78, 5) is 17.7. The predicted octanol–water partition coefficient (Wildman–Crippen LogP) is 2.43. The molecule has 2 aromatic heterocycles. The van der Waals surface area contributed by atoms with E-state index in [2.05, 4.69) is 27.5 Å². The number of nitrogens with one attached hydrogen (secondary N) is 1. The minimum atomic E-state index is -3.31. The zero-order valence-electron chi connectivity index (χ0n) is 18.5. The second-order valence-corrected chi connectivity index (χ2v) is 10.6. The van der Waals surface area contributed by atoms with Gasteiger partial charge in [0.25, 0.3) is 0 Å². The molecule has 1 amide bonds. The number of sulfone groups is 1. The second kappa shape index (κ2) is 8.54. The highest BCUT2D eigenvalue weighted by Crippen LogP contribution is 2.28. The Kier molecular flexibility index (Phi) is 5.54. The van der Waals surface area contributed by atoms with Gasteiger partial charge >= 0.3 is 0 Å². The third-order valence-corrected chi connectivity index (χ3v) is 7.04. The summed E-state index contributed by atoms with van der Waals surface area (Å²) in [5.74, 6) is 0.517. The molecule has 1 aliphatic heterocycles. The van der Waals surface area contributed by atoms with E-state index >= 15 is 0 Å². The van der Waals surface area contributed by atoms with E-state index in [1.807, 2.05) is 35.2 Å². The minimum Gasteiger partial charge on any atom is -0.369 e. The second-order valence-electron chi connectivity index (χ2n) is 8.54. The third kappa shape index (κ3) is 4.50. The maximum Gasteiger partial charge on any atom is 0.245 e. The molecule has 4 aromatic rings. The molecule has 3 heterocycles. The number of fused-ring (bicyclic) bond motifs is 1. The van der Waals surface area contributed by atoms with Crippen LogP contribution < -0.4 is 11.1 Å². The first-order chi connectivity index (χ1) is 16.3. The maximum atomic E-state index is 12.0. The molecule has 0 spiro atoms. The van der Waals surface area contributed by atoms with E-state index in [1.165, 1.54) is 11.8 Å². The Morgan fingerprint density at radius 2 is 1.88 bits per heavy atom. The predicted molar refractivity (Wildman–Crippen MR) is 130 cm³/mol. The summed E-state index contributed by atoms with van der Waals surface area (Å²) in [5, 5.41) is 7.84. The number of hydrogen-bond donors (Lipinski definition) is 2. The van der Waals surface area contributed by atoms with Crippen LogP contribution in [0, 0.1) is 0 Å². The molecule has 0 radical (unpaired) electrons. The van der Waals surface area contributed by atoms with Crippen molar-refractivity contribution in [2.75, 3.05) is 31.2 Å². The van der Waals surface area contributed by atoms with Crippen molar-refractivity contribution in [3.63, 3.8) is 0 Å². The largest absolute Gasteiger partial charge is 0.369 e. The van der Waals surface area contributed by atoms with Crippen molar-refractivity contribution in [1.82, 2.24) is 19.5 Å². The average molecular weight is 477 g/mol. The van der Waals surface area contributed by atoms with Crippen molar-refractivity contribution in [2.24, 2.45) is 5.73 Å². The molecule has 1 aliphatic rings. The summed E-state index contributed by atoms with van der Waals surface area (Å²) in [6.07, 6.45) is 2.91. The van der Waals surface area contributed by atoms with Gasteiger partial charge in [-0.25, -0.2) is 17.9 Å². The van der Waals surface area contributed by atoms with Gasteiger partial charge in [-0.05, 0) is 42.0 Å². The van der Waals surface area contributed by atoms with Crippen LogP contribution in [0.2, 0.25) is 0 Å². The highest BCUT2D eigenvalue weighted by Gasteiger charge is 2.28. The molecule has 0 bridgehead atoms. The van der Waals surface area contributed by atoms with Crippen LogP contribution in [-0.2, 0) is 14.6 Å². The van der Waals surface area contributed by atoms with Crippen LogP contribution >= 0.6 is 0 Å². The van der Waals surface area contributed by atoms with Crippen LogP contribution in [0.25, 0.3) is 16.8 Å². The summed E-state index contributed by atoms with van der Waals surface area (Å²) < 4.78 is 25.7. The van der Waals surface area contributed by atoms with Gasteiger partial charge in [-0.15, -0.1) is 5.10 Å². The monoisotopic (exact) mass is 476 g/mol. The lowest BCUT2D eigenvalue weighted by molar-refractivity contribution is -0.120. The fourth-order valence-electron chi connectivity index (χ4n) is 4.16. The number of rotatable bonds is 7. The number of carbonyl (C=O) groups is 1. The van der Waals surface area contributed by atoms with E-state index in [9.17, 15) is 13.2 Å². The number of primary amides is 1. The Morgan fingerprint density at radius 3 is 2.59 bits per heavy atom. The molecule has 5 rings (SSSR count). The molecular weight excluding hydrogens is 452 g/mol. The lowest BCUT2D eigenvalue weighted by atomic mass is 9.91. The maximum absolute atomic E-state index is 12.0. The lowest BCUT2D eigenvalue weighted by Gasteiger charge is -2.38. The zero-order chi connectivity index (χ0) is 23.9. The Hall–Kier alpha value is -3.76. The molecule has 0 saturated carbocycles. The molecule has 0 unspecified atom stereocenters. The van der Waals surface area contributed by atoms with E-state index in [0.717, 1.165) is 35.6 Å². The summed E-state index contributed by atoms with van der Waals surface area (Å²) in [6.45, 7) is 1.95. The Balaban J connectivity index is 1.34. The summed E-state index contributed by atoms with van der Waals surface area (Å²) >= 11 is 0. The van der Waals surface area contributed by atoms with Crippen LogP contribution in [0.15, 0.2) is 71.8 Å². The van der Waals surface area contributed by atoms with Gasteiger partial charge in [-0.1, -0.05) is 24.3 Å². The topological polar surface area (TPSA) is 123 Å². The van der Waals surface area contributed by atoms with E-state index in [-0.39, 0.29) is 10.8 Å². The van der Waals surface area contributed by atoms with E-state index in [0.29, 0.717) is 18.4 Å². The SMILES string of the molecule is CS(=O)(=O)c1cccc(-c2ccc3cnc(Nc4ccc(C5CN(CC(N)=O)C5)cc4)nn23)c1. The molecule has 10 heteroatoms. The molecule has 0 aliphatic carbocycles. The number of carbonyl (C=O) groups excluding carboxylic acids is 1. The van der Waals surface area contributed by atoms with Gasteiger partial charge < -0.3 is 11.1 Å². The third-order valence-electron chi connectivity index (χ3n) is 5.93. The fraction of sp³-hybridized carbons (Fsp3) is 0.208.